The number of unbranched alkanes of at least 4 members (excludes halogenated alkanes) is 1. The molecule has 1 N–H and O–H groups in total. The third-order valence-electron chi connectivity index (χ3n) is 3.62. The lowest BCUT2D eigenvalue weighted by molar-refractivity contribution is -0.121. The van der Waals surface area contributed by atoms with Crippen molar-refractivity contribution in [3.63, 3.8) is 0 Å². The molecule has 0 saturated carbocycles. The van der Waals surface area contributed by atoms with Crippen molar-refractivity contribution in [3.05, 3.63) is 52.5 Å². The molecule has 0 aliphatic rings. The predicted octanol–water partition coefficient (Wildman–Crippen LogP) is 3.71. The molecule has 0 saturated heterocycles. The van der Waals surface area contributed by atoms with Crippen LogP contribution in [-0.2, 0) is 14.6 Å². The van der Waals surface area contributed by atoms with Crippen LogP contribution in [0.2, 0.25) is 0 Å². The normalized spacial score (nSPS) is 12.8. The first-order chi connectivity index (χ1) is 11.4. The molecule has 1 heterocycles. The highest BCUT2D eigenvalue weighted by Crippen LogP contribution is 2.31. The Kier molecular flexibility index (Phi) is 6.51. The van der Waals surface area contributed by atoms with Gasteiger partial charge in [0, 0.05) is 17.8 Å². The van der Waals surface area contributed by atoms with E-state index in [1.807, 2.05) is 6.92 Å². The monoisotopic (exact) mass is 369 g/mol. The summed E-state index contributed by atoms with van der Waals surface area (Å²) < 4.78 is 38.9. The van der Waals surface area contributed by atoms with E-state index in [0.717, 1.165) is 25.0 Å². The molecule has 0 spiro atoms. The molecule has 0 bridgehead atoms. The smallest absolute Gasteiger partial charge is 0.220 e. The maximum absolute atomic E-state index is 13.1. The molecule has 7 heteroatoms. The van der Waals surface area contributed by atoms with Crippen LogP contribution in [0.5, 0.6) is 0 Å². The largest absolute Gasteiger partial charge is 0.354 e. The summed E-state index contributed by atoms with van der Waals surface area (Å²) in [5.74, 6) is -0.651. The summed E-state index contributed by atoms with van der Waals surface area (Å²) in [6.45, 7) is 1.99. The van der Waals surface area contributed by atoms with Crippen molar-refractivity contribution < 1.29 is 17.6 Å². The number of amides is 1. The van der Waals surface area contributed by atoms with Crippen molar-refractivity contribution in [3.8, 4) is 0 Å². The molecular weight excluding hydrogens is 349 g/mol. The molecule has 0 aliphatic heterocycles. The molecular formula is C17H20FNO3S2. The van der Waals surface area contributed by atoms with Crippen LogP contribution < -0.4 is 5.32 Å². The fourth-order valence-electron chi connectivity index (χ4n) is 2.26. The quantitative estimate of drug-likeness (QED) is 0.722. The summed E-state index contributed by atoms with van der Waals surface area (Å²) in [5, 5.41) is 3.62. The minimum Gasteiger partial charge on any atom is -0.354 e. The van der Waals surface area contributed by atoms with E-state index in [2.05, 4.69) is 5.32 Å². The zero-order valence-corrected chi connectivity index (χ0v) is 15.0. The summed E-state index contributed by atoms with van der Waals surface area (Å²) in [7, 11) is -3.73. The molecule has 1 amide bonds. The van der Waals surface area contributed by atoms with E-state index in [-0.39, 0.29) is 17.3 Å². The van der Waals surface area contributed by atoms with Gasteiger partial charge in [-0.1, -0.05) is 19.4 Å². The lowest BCUT2D eigenvalue weighted by atomic mass is 10.2. The van der Waals surface area contributed by atoms with Crippen LogP contribution in [0.15, 0.2) is 46.7 Å². The Morgan fingerprint density at radius 2 is 1.96 bits per heavy atom. The Balaban J connectivity index is 2.23. The highest BCUT2D eigenvalue weighted by molar-refractivity contribution is 7.91. The standard InChI is InChI=1S/C17H20FNO3S2/c1-2-3-6-17(20)19-12-16(15-5-4-11-23-15)24(21,22)14-9-7-13(18)8-10-14/h4-5,7-11,16H,2-3,6,12H2,1H3,(H,19,20). The molecule has 1 unspecified atom stereocenters. The summed E-state index contributed by atoms with van der Waals surface area (Å²) in [6, 6.07) is 8.26. The van der Waals surface area contributed by atoms with Crippen LogP contribution in [-0.4, -0.2) is 20.9 Å². The summed E-state index contributed by atoms with van der Waals surface area (Å²) in [5.41, 5.74) is 0. The number of benzene rings is 1. The maximum Gasteiger partial charge on any atom is 0.220 e. The molecule has 2 rings (SSSR count). The minimum absolute atomic E-state index is 0.00275. The van der Waals surface area contributed by atoms with E-state index >= 15 is 0 Å². The van der Waals surface area contributed by atoms with Gasteiger partial charge in [-0.05, 0) is 42.1 Å². The van der Waals surface area contributed by atoms with Gasteiger partial charge in [-0.15, -0.1) is 11.3 Å². The third-order valence-corrected chi connectivity index (χ3v) is 6.85. The second-order valence-electron chi connectivity index (χ2n) is 5.41. The average molecular weight is 369 g/mol. The van der Waals surface area contributed by atoms with Gasteiger partial charge in [0.15, 0.2) is 9.84 Å². The van der Waals surface area contributed by atoms with E-state index in [1.165, 1.54) is 23.5 Å². The van der Waals surface area contributed by atoms with E-state index in [9.17, 15) is 17.6 Å². The zero-order valence-electron chi connectivity index (χ0n) is 13.4. The minimum atomic E-state index is -3.73. The Labute approximate surface area is 145 Å². The topological polar surface area (TPSA) is 63.2 Å². The van der Waals surface area contributed by atoms with Crippen LogP contribution in [0.4, 0.5) is 4.39 Å². The van der Waals surface area contributed by atoms with Crippen LogP contribution in [0.25, 0.3) is 0 Å². The van der Waals surface area contributed by atoms with Crippen molar-refractivity contribution in [2.24, 2.45) is 0 Å². The van der Waals surface area contributed by atoms with Crippen molar-refractivity contribution in [2.75, 3.05) is 6.54 Å². The Morgan fingerprint density at radius 3 is 2.54 bits per heavy atom. The zero-order chi connectivity index (χ0) is 17.6. The fraction of sp³-hybridized carbons (Fsp3) is 0.353. The highest BCUT2D eigenvalue weighted by Gasteiger charge is 2.30. The van der Waals surface area contributed by atoms with Gasteiger partial charge < -0.3 is 5.32 Å². The lowest BCUT2D eigenvalue weighted by Gasteiger charge is -2.17. The van der Waals surface area contributed by atoms with Gasteiger partial charge in [0.05, 0.1) is 4.90 Å². The number of carbonyl (C=O) groups is 1. The van der Waals surface area contributed by atoms with Gasteiger partial charge in [0.2, 0.25) is 5.91 Å². The van der Waals surface area contributed by atoms with Crippen molar-refractivity contribution in [1.29, 1.82) is 0 Å². The fourth-order valence-corrected chi connectivity index (χ4v) is 5.04. The van der Waals surface area contributed by atoms with Gasteiger partial charge in [0.1, 0.15) is 11.1 Å². The lowest BCUT2D eigenvalue weighted by Crippen LogP contribution is -2.31. The van der Waals surface area contributed by atoms with Gasteiger partial charge in [-0.3, -0.25) is 4.79 Å². The van der Waals surface area contributed by atoms with Gasteiger partial charge >= 0.3 is 0 Å². The average Bonchev–Trinajstić information content (AvgIpc) is 3.07. The van der Waals surface area contributed by atoms with Gasteiger partial charge in [0.25, 0.3) is 0 Å². The number of sulfone groups is 1. The van der Waals surface area contributed by atoms with E-state index < -0.39 is 20.9 Å². The first-order valence-electron chi connectivity index (χ1n) is 7.74. The van der Waals surface area contributed by atoms with Crippen LogP contribution in [0, 0.1) is 5.82 Å². The molecule has 0 aliphatic carbocycles. The Bertz CT molecular complexity index is 756. The molecule has 1 atom stereocenters. The Hall–Kier alpha value is -1.73. The predicted molar refractivity (Wildman–Crippen MR) is 93.2 cm³/mol. The molecule has 0 fully saturated rings. The van der Waals surface area contributed by atoms with E-state index in [4.69, 9.17) is 0 Å². The molecule has 130 valence electrons. The second kappa shape index (κ2) is 8.39. The molecule has 2 aromatic rings. The number of carbonyl (C=O) groups excluding carboxylic acids is 1. The molecule has 1 aromatic heterocycles. The molecule has 24 heavy (non-hydrogen) atoms. The number of rotatable bonds is 8. The number of nitrogens with one attached hydrogen (secondary N) is 1. The molecule has 4 nitrogen and oxygen atoms in total. The summed E-state index contributed by atoms with van der Waals surface area (Å²) in [6.07, 6.45) is 2.04. The second-order valence-corrected chi connectivity index (χ2v) is 8.52. The number of hydrogen-bond donors (Lipinski definition) is 1. The van der Waals surface area contributed by atoms with Gasteiger partial charge in [-0.25, -0.2) is 12.8 Å². The summed E-state index contributed by atoms with van der Waals surface area (Å²) >= 11 is 1.32. The first kappa shape index (κ1) is 18.6. The van der Waals surface area contributed by atoms with Crippen molar-refractivity contribution in [1.82, 2.24) is 5.32 Å². The maximum atomic E-state index is 13.1. The summed E-state index contributed by atoms with van der Waals surface area (Å²) in [4.78, 5) is 12.5. The van der Waals surface area contributed by atoms with Gasteiger partial charge in [-0.2, -0.15) is 0 Å². The van der Waals surface area contributed by atoms with Crippen molar-refractivity contribution >= 4 is 27.1 Å². The SMILES string of the molecule is CCCCC(=O)NCC(c1cccs1)S(=O)(=O)c1ccc(F)cc1. The molecule has 1 aromatic carbocycles. The first-order valence-corrected chi connectivity index (χ1v) is 10.2. The number of hydrogen-bond acceptors (Lipinski definition) is 4. The van der Waals surface area contributed by atoms with Crippen LogP contribution >= 0.6 is 11.3 Å². The molecule has 0 radical (unpaired) electrons. The number of halogens is 1. The van der Waals surface area contributed by atoms with Crippen LogP contribution in [0.3, 0.4) is 0 Å². The Morgan fingerprint density at radius 1 is 1.25 bits per heavy atom. The van der Waals surface area contributed by atoms with Crippen molar-refractivity contribution in [2.45, 2.75) is 36.3 Å². The van der Waals surface area contributed by atoms with E-state index in [1.54, 1.807) is 17.5 Å². The van der Waals surface area contributed by atoms with E-state index in [0.29, 0.717) is 11.3 Å². The third kappa shape index (κ3) is 4.64. The van der Waals surface area contributed by atoms with Crippen LogP contribution in [0.1, 0.15) is 36.3 Å². The highest BCUT2D eigenvalue weighted by atomic mass is 32.2. The number of thiophene rings is 1.